The summed E-state index contributed by atoms with van der Waals surface area (Å²) in [7, 11) is -2.85. The molecule has 1 saturated heterocycles. The van der Waals surface area contributed by atoms with Crippen LogP contribution in [0.25, 0.3) is 0 Å². The Morgan fingerprint density at radius 2 is 2.09 bits per heavy atom. The molecule has 0 aromatic rings. The van der Waals surface area contributed by atoms with Crippen LogP contribution in [-0.4, -0.2) is 37.5 Å². The average Bonchev–Trinajstić information content (AvgIpc) is 2.03. The molecular weight excluding hydrogens is 164 g/mol. The number of hydrazine groups is 1. The van der Waals surface area contributed by atoms with Crippen molar-refractivity contribution in [1.29, 1.82) is 0 Å². The van der Waals surface area contributed by atoms with Crippen molar-refractivity contribution in [2.45, 2.75) is 18.6 Å². The smallest absolute Gasteiger partial charge is 0.154 e. The number of nitrogens with two attached hydrogens (primary N) is 1. The fourth-order valence-electron chi connectivity index (χ4n) is 1.08. The van der Waals surface area contributed by atoms with Gasteiger partial charge in [-0.25, -0.2) is 13.4 Å². The molecule has 0 amide bonds. The lowest BCUT2D eigenvalue weighted by Crippen LogP contribution is -2.33. The molecular formula is C6H14N2O2S. The molecule has 0 radical (unpaired) electrons. The Kier molecular flexibility index (Phi) is 2.51. The Morgan fingerprint density at radius 3 is 2.73 bits per heavy atom. The quantitative estimate of drug-likeness (QED) is 0.502. The first kappa shape index (κ1) is 8.96. The fraction of sp³-hybridized carbons (Fsp3) is 1.00. The van der Waals surface area contributed by atoms with Crippen LogP contribution in [0, 0.1) is 0 Å². The van der Waals surface area contributed by atoms with Crippen LogP contribution in [-0.2, 0) is 9.84 Å². The zero-order valence-corrected chi connectivity index (χ0v) is 7.47. The highest BCUT2D eigenvalue weighted by molar-refractivity contribution is 7.92. The number of sulfone groups is 1. The maximum Gasteiger partial charge on any atom is 0.154 e. The Labute approximate surface area is 67.3 Å². The summed E-state index contributed by atoms with van der Waals surface area (Å²) in [5, 5.41) is 1.34. The maximum atomic E-state index is 11.3. The summed E-state index contributed by atoms with van der Waals surface area (Å²) in [5.74, 6) is 5.69. The third kappa shape index (κ3) is 2.15. The van der Waals surface area contributed by atoms with Crippen molar-refractivity contribution in [2.24, 2.45) is 5.84 Å². The Bertz CT molecular complexity index is 225. The third-order valence-electron chi connectivity index (χ3n) is 2.10. The molecule has 66 valence electrons. The fourth-order valence-corrected chi connectivity index (χ4v) is 2.44. The molecule has 1 fully saturated rings. The van der Waals surface area contributed by atoms with Crippen LogP contribution < -0.4 is 5.84 Å². The molecule has 2 N–H and O–H groups in total. The van der Waals surface area contributed by atoms with Gasteiger partial charge in [0.25, 0.3) is 0 Å². The second-order valence-corrected chi connectivity index (χ2v) is 5.54. The van der Waals surface area contributed by atoms with Gasteiger partial charge in [0, 0.05) is 13.1 Å². The zero-order valence-electron chi connectivity index (χ0n) is 6.66. The van der Waals surface area contributed by atoms with Gasteiger partial charge < -0.3 is 0 Å². The SMILES string of the molecule is CC1CCN(N)CCS1(=O)=O. The molecule has 1 aliphatic rings. The van der Waals surface area contributed by atoms with Crippen LogP contribution >= 0.6 is 0 Å². The molecule has 0 aromatic heterocycles. The lowest BCUT2D eigenvalue weighted by molar-refractivity contribution is 0.303. The number of hydrogen-bond donors (Lipinski definition) is 1. The van der Waals surface area contributed by atoms with E-state index in [0.717, 1.165) is 0 Å². The normalized spacial score (nSPS) is 33.1. The van der Waals surface area contributed by atoms with Crippen molar-refractivity contribution in [3.8, 4) is 0 Å². The van der Waals surface area contributed by atoms with Gasteiger partial charge in [0.05, 0.1) is 11.0 Å². The van der Waals surface area contributed by atoms with Crippen LogP contribution in [0.1, 0.15) is 13.3 Å². The number of rotatable bonds is 0. The van der Waals surface area contributed by atoms with E-state index in [1.54, 1.807) is 11.9 Å². The van der Waals surface area contributed by atoms with Crippen molar-refractivity contribution in [3.05, 3.63) is 0 Å². The topological polar surface area (TPSA) is 63.4 Å². The van der Waals surface area contributed by atoms with Crippen LogP contribution in [0.5, 0.6) is 0 Å². The zero-order chi connectivity index (χ0) is 8.48. The van der Waals surface area contributed by atoms with E-state index in [9.17, 15) is 8.42 Å². The Morgan fingerprint density at radius 1 is 1.45 bits per heavy atom. The molecule has 5 heteroatoms. The van der Waals surface area contributed by atoms with Gasteiger partial charge in [0.15, 0.2) is 9.84 Å². The average molecular weight is 178 g/mol. The van der Waals surface area contributed by atoms with Crippen molar-refractivity contribution in [2.75, 3.05) is 18.8 Å². The molecule has 0 aliphatic carbocycles. The molecule has 1 aliphatic heterocycles. The van der Waals surface area contributed by atoms with Gasteiger partial charge in [0.2, 0.25) is 0 Å². The van der Waals surface area contributed by atoms with Crippen LogP contribution in [0.3, 0.4) is 0 Å². The molecule has 0 aromatic carbocycles. The summed E-state index contributed by atoms with van der Waals surface area (Å²) in [5.41, 5.74) is 0. The van der Waals surface area contributed by atoms with Crippen LogP contribution in [0.4, 0.5) is 0 Å². The van der Waals surface area contributed by atoms with E-state index in [2.05, 4.69) is 0 Å². The monoisotopic (exact) mass is 178 g/mol. The predicted octanol–water partition coefficient (Wildman–Crippen LogP) is -0.631. The van der Waals surface area contributed by atoms with Crippen molar-refractivity contribution >= 4 is 9.84 Å². The van der Waals surface area contributed by atoms with Gasteiger partial charge >= 0.3 is 0 Å². The van der Waals surface area contributed by atoms with Crippen molar-refractivity contribution < 1.29 is 8.42 Å². The highest BCUT2D eigenvalue weighted by Gasteiger charge is 2.24. The minimum absolute atomic E-state index is 0.199. The summed E-state index contributed by atoms with van der Waals surface area (Å²) in [6.45, 7) is 2.89. The summed E-state index contributed by atoms with van der Waals surface area (Å²) >= 11 is 0. The van der Waals surface area contributed by atoms with E-state index in [1.807, 2.05) is 0 Å². The molecule has 11 heavy (non-hydrogen) atoms. The maximum absolute atomic E-state index is 11.3. The largest absolute Gasteiger partial charge is 0.269 e. The minimum Gasteiger partial charge on any atom is -0.269 e. The molecule has 4 nitrogen and oxygen atoms in total. The van der Waals surface area contributed by atoms with Gasteiger partial charge in [-0.3, -0.25) is 5.84 Å². The second kappa shape index (κ2) is 3.08. The van der Waals surface area contributed by atoms with Gasteiger partial charge in [-0.15, -0.1) is 0 Å². The summed E-state index contributed by atoms with van der Waals surface area (Å²) in [6, 6.07) is 0. The van der Waals surface area contributed by atoms with E-state index in [1.165, 1.54) is 0 Å². The Hall–Kier alpha value is -0.130. The first-order valence-electron chi connectivity index (χ1n) is 3.73. The first-order valence-corrected chi connectivity index (χ1v) is 5.45. The first-order chi connectivity index (χ1) is 5.02. The lowest BCUT2D eigenvalue weighted by atomic mass is 10.3. The number of nitrogens with zero attached hydrogens (tertiary/aromatic N) is 1. The van der Waals surface area contributed by atoms with E-state index < -0.39 is 9.84 Å². The van der Waals surface area contributed by atoms with Gasteiger partial charge in [-0.1, -0.05) is 0 Å². The highest BCUT2D eigenvalue weighted by Crippen LogP contribution is 2.10. The molecule has 1 unspecified atom stereocenters. The van der Waals surface area contributed by atoms with Crippen LogP contribution in [0.2, 0.25) is 0 Å². The minimum atomic E-state index is -2.85. The lowest BCUT2D eigenvalue weighted by Gasteiger charge is -2.09. The standard InChI is InChI=1S/C6H14N2O2S/c1-6-2-3-8(7)4-5-11(6,9)10/h6H,2-5,7H2,1H3. The summed E-state index contributed by atoms with van der Waals surface area (Å²) < 4.78 is 22.5. The van der Waals surface area contributed by atoms with E-state index >= 15 is 0 Å². The van der Waals surface area contributed by atoms with Gasteiger partial charge in [-0.05, 0) is 13.3 Å². The summed E-state index contributed by atoms with van der Waals surface area (Å²) in [6.07, 6.45) is 0.652. The van der Waals surface area contributed by atoms with E-state index in [4.69, 9.17) is 5.84 Å². The number of hydrogen-bond acceptors (Lipinski definition) is 4. The van der Waals surface area contributed by atoms with Gasteiger partial charge in [0.1, 0.15) is 0 Å². The van der Waals surface area contributed by atoms with Crippen LogP contribution in [0.15, 0.2) is 0 Å². The third-order valence-corrected chi connectivity index (χ3v) is 4.31. The van der Waals surface area contributed by atoms with E-state index in [0.29, 0.717) is 19.5 Å². The molecule has 0 bridgehead atoms. The molecule has 0 spiro atoms. The Balaban J connectivity index is 2.72. The van der Waals surface area contributed by atoms with E-state index in [-0.39, 0.29) is 11.0 Å². The highest BCUT2D eigenvalue weighted by atomic mass is 32.2. The van der Waals surface area contributed by atoms with Gasteiger partial charge in [-0.2, -0.15) is 0 Å². The summed E-state index contributed by atoms with van der Waals surface area (Å²) in [4.78, 5) is 0. The second-order valence-electron chi connectivity index (χ2n) is 3.00. The van der Waals surface area contributed by atoms with Crippen molar-refractivity contribution in [1.82, 2.24) is 5.01 Å². The molecule has 1 rings (SSSR count). The van der Waals surface area contributed by atoms with Crippen molar-refractivity contribution in [3.63, 3.8) is 0 Å². The molecule has 1 atom stereocenters. The molecule has 1 heterocycles. The predicted molar refractivity (Wildman–Crippen MR) is 43.6 cm³/mol. The molecule has 0 saturated carbocycles.